The van der Waals surface area contributed by atoms with Crippen molar-refractivity contribution in [3.05, 3.63) is 63.1 Å². The van der Waals surface area contributed by atoms with Gasteiger partial charge in [0.25, 0.3) is 10.1 Å². The van der Waals surface area contributed by atoms with Gasteiger partial charge in [-0.1, -0.05) is 24.3 Å². The standard InChI is InChI=1S/C14H7BrO5S.Na/c15-12-10(21(18,19)20)6-5-9-11(12)14(17)8-4-2-1-3-7(8)13(9)16;/h1-6H,(H,18,19,20);. The number of carbonyl (C=O) groups excluding carboxylic acids is 2. The Labute approximate surface area is 156 Å². The summed E-state index contributed by atoms with van der Waals surface area (Å²) in [5.41, 5.74) is 0.552. The van der Waals surface area contributed by atoms with E-state index in [0.29, 0.717) is 0 Å². The molecule has 0 aliphatic heterocycles. The first kappa shape index (κ1) is 17.5. The van der Waals surface area contributed by atoms with Gasteiger partial charge >= 0.3 is 0 Å². The molecule has 0 spiro atoms. The largest absolute Gasteiger partial charge is 0.295 e. The van der Waals surface area contributed by atoms with Crippen molar-refractivity contribution in [1.82, 2.24) is 0 Å². The van der Waals surface area contributed by atoms with E-state index < -0.39 is 20.8 Å². The minimum Gasteiger partial charge on any atom is -0.289 e. The van der Waals surface area contributed by atoms with E-state index >= 15 is 0 Å². The van der Waals surface area contributed by atoms with Crippen molar-refractivity contribution in [3.63, 3.8) is 0 Å². The molecule has 0 aromatic heterocycles. The second-order valence-corrected chi connectivity index (χ2v) is 6.66. The second kappa shape index (κ2) is 5.99. The van der Waals surface area contributed by atoms with Crippen LogP contribution in [0.15, 0.2) is 45.8 Å². The normalized spacial score (nSPS) is 13.2. The number of carbonyl (C=O) groups is 2. The second-order valence-electron chi connectivity index (χ2n) is 4.48. The summed E-state index contributed by atoms with van der Waals surface area (Å²) in [6.45, 7) is 0. The summed E-state index contributed by atoms with van der Waals surface area (Å²) in [5, 5.41) is 0. The van der Waals surface area contributed by atoms with E-state index in [-0.39, 0.29) is 62.1 Å². The summed E-state index contributed by atoms with van der Waals surface area (Å²) >= 11 is 3.01. The molecule has 2 aromatic carbocycles. The van der Waals surface area contributed by atoms with E-state index in [1.54, 1.807) is 18.2 Å². The van der Waals surface area contributed by atoms with Crippen LogP contribution in [0, 0.1) is 0 Å². The van der Waals surface area contributed by atoms with E-state index in [1.807, 2.05) is 0 Å². The average molecular weight is 390 g/mol. The van der Waals surface area contributed by atoms with E-state index in [1.165, 1.54) is 12.1 Å². The minimum atomic E-state index is -4.50. The zero-order valence-corrected chi connectivity index (χ0v) is 15.7. The third-order valence-electron chi connectivity index (χ3n) is 3.27. The van der Waals surface area contributed by atoms with Crippen LogP contribution in [0.25, 0.3) is 0 Å². The van der Waals surface area contributed by atoms with Gasteiger partial charge < -0.3 is 0 Å². The maximum Gasteiger partial charge on any atom is 0.295 e. The topological polar surface area (TPSA) is 88.5 Å². The summed E-state index contributed by atoms with van der Waals surface area (Å²) < 4.78 is 31.7. The molecule has 0 heterocycles. The van der Waals surface area contributed by atoms with Gasteiger partial charge in [0.1, 0.15) is 4.90 Å². The molecule has 0 unspecified atom stereocenters. The van der Waals surface area contributed by atoms with Gasteiger partial charge in [0.05, 0.1) is 4.47 Å². The van der Waals surface area contributed by atoms with E-state index in [2.05, 4.69) is 15.9 Å². The van der Waals surface area contributed by atoms with Gasteiger partial charge in [-0.15, -0.1) is 0 Å². The van der Waals surface area contributed by atoms with Crippen LogP contribution in [0.1, 0.15) is 31.8 Å². The Morgan fingerprint density at radius 2 is 1.41 bits per heavy atom. The molecule has 8 heteroatoms. The monoisotopic (exact) mass is 389 g/mol. The number of halogens is 1. The van der Waals surface area contributed by atoms with Crippen molar-refractivity contribution in [1.29, 1.82) is 0 Å². The Morgan fingerprint density at radius 3 is 1.95 bits per heavy atom. The summed E-state index contributed by atoms with van der Waals surface area (Å²) in [6.07, 6.45) is 0. The number of fused-ring (bicyclic) bond motifs is 2. The third-order valence-corrected chi connectivity index (χ3v) is 5.25. The Balaban J connectivity index is 0.00000176. The number of benzene rings is 2. The first-order chi connectivity index (χ1) is 9.82. The zero-order chi connectivity index (χ0) is 15.4. The van der Waals surface area contributed by atoms with Gasteiger partial charge in [0.2, 0.25) is 0 Å². The fourth-order valence-electron chi connectivity index (χ4n) is 2.33. The number of ketones is 2. The molecule has 0 saturated heterocycles. The Kier molecular flexibility index (Phi) is 4.77. The molecule has 1 aliphatic carbocycles. The van der Waals surface area contributed by atoms with Crippen molar-refractivity contribution in [3.8, 4) is 0 Å². The molecule has 2 aromatic rings. The van der Waals surface area contributed by atoms with Gasteiger partial charge in [-0.05, 0) is 28.1 Å². The SMILES string of the molecule is O=C1c2ccccc2C(=O)c2c1ccc(S(=O)(=O)O)c2Br.[Na]. The molecule has 107 valence electrons. The molecule has 1 radical (unpaired) electrons. The van der Waals surface area contributed by atoms with Crippen LogP contribution >= 0.6 is 15.9 Å². The van der Waals surface area contributed by atoms with Crippen LogP contribution in [-0.4, -0.2) is 54.1 Å². The van der Waals surface area contributed by atoms with Crippen LogP contribution in [0.4, 0.5) is 0 Å². The zero-order valence-electron chi connectivity index (χ0n) is 11.3. The summed E-state index contributed by atoms with van der Waals surface area (Å²) in [4.78, 5) is 24.4. The number of rotatable bonds is 1. The van der Waals surface area contributed by atoms with E-state index in [0.717, 1.165) is 6.07 Å². The fourth-order valence-corrected chi connectivity index (χ4v) is 4.03. The van der Waals surface area contributed by atoms with E-state index in [9.17, 15) is 18.0 Å². The van der Waals surface area contributed by atoms with Crippen molar-refractivity contribution in [2.75, 3.05) is 0 Å². The molecule has 3 rings (SSSR count). The first-order valence-corrected chi connectivity index (χ1v) is 8.04. The van der Waals surface area contributed by atoms with Crippen LogP contribution < -0.4 is 0 Å². The Hall–Kier alpha value is -0.830. The van der Waals surface area contributed by atoms with E-state index in [4.69, 9.17) is 4.55 Å². The molecule has 0 atom stereocenters. The smallest absolute Gasteiger partial charge is 0.289 e. The minimum absolute atomic E-state index is 0. The van der Waals surface area contributed by atoms with Gasteiger partial charge in [0.15, 0.2) is 11.6 Å². The van der Waals surface area contributed by atoms with Crippen molar-refractivity contribution >= 4 is 67.2 Å². The molecule has 0 saturated carbocycles. The summed E-state index contributed by atoms with van der Waals surface area (Å²) in [6, 6.07) is 8.65. The predicted molar refractivity (Wildman–Crippen MR) is 83.0 cm³/mol. The van der Waals surface area contributed by atoms with Crippen LogP contribution in [0.3, 0.4) is 0 Å². The molecule has 1 aliphatic rings. The Bertz CT molecular complexity index is 921. The molecule has 22 heavy (non-hydrogen) atoms. The van der Waals surface area contributed by atoms with Gasteiger partial charge in [-0.25, -0.2) is 0 Å². The van der Waals surface area contributed by atoms with Crippen LogP contribution in [0.2, 0.25) is 0 Å². The summed E-state index contributed by atoms with van der Waals surface area (Å²) in [5.74, 6) is -0.819. The summed E-state index contributed by atoms with van der Waals surface area (Å²) in [7, 11) is -4.50. The third kappa shape index (κ3) is 2.62. The first-order valence-electron chi connectivity index (χ1n) is 5.81. The van der Waals surface area contributed by atoms with Crippen LogP contribution in [0.5, 0.6) is 0 Å². The average Bonchev–Trinajstić information content (AvgIpc) is 2.43. The molecule has 5 nitrogen and oxygen atoms in total. The Morgan fingerprint density at radius 1 is 0.864 bits per heavy atom. The van der Waals surface area contributed by atoms with Crippen molar-refractivity contribution in [2.45, 2.75) is 4.90 Å². The van der Waals surface area contributed by atoms with Gasteiger partial charge in [-0.3, -0.25) is 14.1 Å². The number of hydrogen-bond acceptors (Lipinski definition) is 4. The van der Waals surface area contributed by atoms with Crippen LogP contribution in [-0.2, 0) is 10.1 Å². The predicted octanol–water partition coefficient (Wildman–Crippen LogP) is 2.09. The fraction of sp³-hybridized carbons (Fsp3) is 0. The number of hydrogen-bond donors (Lipinski definition) is 1. The van der Waals surface area contributed by atoms with Crippen molar-refractivity contribution < 1.29 is 22.6 Å². The quantitative estimate of drug-likeness (QED) is 0.508. The molecule has 0 amide bonds. The molecular formula is C14H7BrNaO5S. The van der Waals surface area contributed by atoms with Gasteiger partial charge in [0, 0.05) is 51.8 Å². The van der Waals surface area contributed by atoms with Gasteiger partial charge in [-0.2, -0.15) is 8.42 Å². The molecular weight excluding hydrogens is 383 g/mol. The molecule has 1 N–H and O–H groups in total. The molecule has 0 fully saturated rings. The van der Waals surface area contributed by atoms with Crippen molar-refractivity contribution in [2.24, 2.45) is 0 Å². The maximum absolute atomic E-state index is 12.5. The molecule has 0 bridgehead atoms. The maximum atomic E-state index is 12.5.